The lowest BCUT2D eigenvalue weighted by Gasteiger charge is -2.17. The Bertz CT molecular complexity index is 672. The Kier molecular flexibility index (Phi) is 4.90. The fourth-order valence-electron chi connectivity index (χ4n) is 1.95. The van der Waals surface area contributed by atoms with Gasteiger partial charge in [-0.2, -0.15) is 0 Å². The van der Waals surface area contributed by atoms with Crippen molar-refractivity contribution in [2.24, 2.45) is 4.36 Å². The highest BCUT2D eigenvalue weighted by atomic mass is 32.2. The fraction of sp³-hybridized carbons (Fsp3) is 0.438. The second kappa shape index (κ2) is 6.52. The molecule has 0 spiro atoms. The highest BCUT2D eigenvalue weighted by Gasteiger charge is 2.21. The Hall–Kier alpha value is -1.82. The monoisotopic (exact) mass is 323 g/mol. The summed E-state index contributed by atoms with van der Waals surface area (Å²) >= 11 is 0. The molecule has 0 bridgehead atoms. The van der Waals surface area contributed by atoms with E-state index in [1.54, 1.807) is 45.0 Å². The lowest BCUT2D eigenvalue weighted by atomic mass is 10.2. The van der Waals surface area contributed by atoms with E-state index in [9.17, 15) is 9.00 Å². The molecule has 1 unspecified atom stereocenters. The van der Waals surface area contributed by atoms with E-state index in [4.69, 9.17) is 9.47 Å². The number of amides is 1. The Morgan fingerprint density at radius 1 is 1.32 bits per heavy atom. The molecule has 0 aliphatic carbocycles. The summed E-state index contributed by atoms with van der Waals surface area (Å²) in [5, 5.41) is 1.46. The van der Waals surface area contributed by atoms with E-state index < -0.39 is 21.4 Å². The lowest BCUT2D eigenvalue weighted by molar-refractivity contribution is 0.0607. The first kappa shape index (κ1) is 16.5. The van der Waals surface area contributed by atoms with Crippen LogP contribution >= 0.6 is 0 Å². The van der Waals surface area contributed by atoms with Crippen molar-refractivity contribution in [2.75, 3.05) is 6.61 Å². The molecule has 0 aromatic heterocycles. The summed E-state index contributed by atoms with van der Waals surface area (Å²) in [5.74, 6) is 0.612. The summed E-state index contributed by atoms with van der Waals surface area (Å²) in [4.78, 5) is 12.4. The van der Waals surface area contributed by atoms with E-state index >= 15 is 0 Å². The van der Waals surface area contributed by atoms with Crippen LogP contribution in [0.5, 0.6) is 0 Å². The Labute approximate surface area is 131 Å². The number of rotatable bonds is 2. The molecule has 1 aromatic rings. The normalized spacial score (nSPS) is 19.3. The van der Waals surface area contributed by atoms with Crippen molar-refractivity contribution in [2.45, 2.75) is 44.1 Å². The predicted octanol–water partition coefficient (Wildman–Crippen LogP) is 4.10. The summed E-state index contributed by atoms with van der Waals surface area (Å²) < 4.78 is 27.6. The number of nitrogens with zero attached hydrogens (tertiary/aromatic N) is 1. The van der Waals surface area contributed by atoms with Gasteiger partial charge in [0.05, 0.1) is 16.9 Å². The van der Waals surface area contributed by atoms with Crippen molar-refractivity contribution in [1.82, 2.24) is 0 Å². The Balaban J connectivity index is 2.44. The zero-order valence-electron chi connectivity index (χ0n) is 13.1. The highest BCUT2D eigenvalue weighted by Crippen LogP contribution is 2.23. The predicted molar refractivity (Wildman–Crippen MR) is 84.8 cm³/mol. The van der Waals surface area contributed by atoms with E-state index in [0.29, 0.717) is 23.7 Å². The Morgan fingerprint density at radius 3 is 2.55 bits per heavy atom. The molecule has 0 saturated carbocycles. The van der Waals surface area contributed by atoms with Gasteiger partial charge in [-0.1, -0.05) is 18.2 Å². The lowest BCUT2D eigenvalue weighted by Crippen LogP contribution is -2.22. The molecule has 0 N–H and O–H groups in total. The standard InChI is InChI=1S/C16H21NO4S/c1-16(2,3)21-15(18)17-22(19,12-13-8-7-11-20-13)14-9-5-4-6-10-14/h4-6,9-10,12H,7-8,11H2,1-3H3/b13-12+. The molecule has 1 aliphatic heterocycles. The summed E-state index contributed by atoms with van der Waals surface area (Å²) in [6.07, 6.45) is 0.743. The quantitative estimate of drug-likeness (QED) is 0.822. The average molecular weight is 323 g/mol. The van der Waals surface area contributed by atoms with Crippen molar-refractivity contribution in [3.05, 3.63) is 41.5 Å². The number of hydrogen-bond donors (Lipinski definition) is 0. The molecule has 1 saturated heterocycles. The largest absolute Gasteiger partial charge is 0.497 e. The van der Waals surface area contributed by atoms with Gasteiger partial charge in [0.25, 0.3) is 0 Å². The first-order valence-electron chi connectivity index (χ1n) is 7.17. The third kappa shape index (κ3) is 4.59. The molecule has 1 atom stereocenters. The summed E-state index contributed by atoms with van der Waals surface area (Å²) in [7, 11) is -3.06. The zero-order chi connectivity index (χ0) is 16.2. The number of ether oxygens (including phenoxy) is 2. The van der Waals surface area contributed by atoms with E-state index in [1.807, 2.05) is 6.07 Å². The SMILES string of the molecule is CC(C)(C)OC(=O)N=S(=O)(/C=C1\CCCO1)c1ccccc1. The van der Waals surface area contributed by atoms with Crippen molar-refractivity contribution < 1.29 is 18.5 Å². The molecular formula is C16H21NO4S. The van der Waals surface area contributed by atoms with Gasteiger partial charge in [-0.15, -0.1) is 4.36 Å². The van der Waals surface area contributed by atoms with Gasteiger partial charge in [-0.3, -0.25) is 0 Å². The average Bonchev–Trinajstić information content (AvgIpc) is 2.90. The molecule has 1 amide bonds. The molecule has 1 heterocycles. The number of carbonyl (C=O) groups is 1. The van der Waals surface area contributed by atoms with Gasteiger partial charge in [0, 0.05) is 6.42 Å². The van der Waals surface area contributed by atoms with E-state index in [2.05, 4.69) is 4.36 Å². The summed E-state index contributed by atoms with van der Waals surface area (Å²) in [6.45, 7) is 5.82. The molecule has 120 valence electrons. The molecule has 1 aliphatic rings. The number of allylic oxidation sites excluding steroid dienone is 1. The van der Waals surface area contributed by atoms with Crippen LogP contribution in [0.25, 0.3) is 0 Å². The van der Waals surface area contributed by atoms with Gasteiger partial charge in [0.15, 0.2) is 0 Å². The van der Waals surface area contributed by atoms with Crippen LogP contribution in [0.2, 0.25) is 0 Å². The fourth-order valence-corrected chi connectivity index (χ4v) is 3.59. The highest BCUT2D eigenvalue weighted by molar-refractivity contribution is 7.96. The maximum absolute atomic E-state index is 13.2. The van der Waals surface area contributed by atoms with Crippen LogP contribution in [-0.2, 0) is 19.2 Å². The topological polar surface area (TPSA) is 65.0 Å². The maximum atomic E-state index is 13.2. The van der Waals surface area contributed by atoms with Gasteiger partial charge >= 0.3 is 6.09 Å². The van der Waals surface area contributed by atoms with Crippen LogP contribution in [0, 0.1) is 0 Å². The van der Waals surface area contributed by atoms with E-state index in [0.717, 1.165) is 6.42 Å². The molecular weight excluding hydrogens is 302 g/mol. The van der Waals surface area contributed by atoms with Crippen LogP contribution in [-0.4, -0.2) is 22.5 Å². The van der Waals surface area contributed by atoms with Gasteiger partial charge in [-0.05, 0) is 39.3 Å². The van der Waals surface area contributed by atoms with Gasteiger partial charge in [0.2, 0.25) is 0 Å². The minimum Gasteiger partial charge on any atom is -0.497 e. The first-order chi connectivity index (χ1) is 10.3. The van der Waals surface area contributed by atoms with E-state index in [1.165, 1.54) is 5.41 Å². The summed E-state index contributed by atoms with van der Waals surface area (Å²) in [6, 6.07) is 8.70. The molecule has 0 radical (unpaired) electrons. The van der Waals surface area contributed by atoms with Crippen LogP contribution in [0.1, 0.15) is 33.6 Å². The zero-order valence-corrected chi connectivity index (χ0v) is 13.9. The second-order valence-corrected chi connectivity index (χ2v) is 8.02. The third-order valence-electron chi connectivity index (χ3n) is 2.83. The van der Waals surface area contributed by atoms with Crippen molar-refractivity contribution in [1.29, 1.82) is 0 Å². The first-order valence-corrected chi connectivity index (χ1v) is 8.75. The number of benzene rings is 1. The maximum Gasteiger partial charge on any atom is 0.442 e. The van der Waals surface area contributed by atoms with Crippen molar-refractivity contribution in [3.8, 4) is 0 Å². The number of hydrogen-bond acceptors (Lipinski definition) is 4. The van der Waals surface area contributed by atoms with Gasteiger partial charge in [0.1, 0.15) is 21.1 Å². The van der Waals surface area contributed by atoms with Gasteiger partial charge < -0.3 is 9.47 Å². The third-order valence-corrected chi connectivity index (χ3v) is 4.78. The van der Waals surface area contributed by atoms with Crippen LogP contribution in [0.4, 0.5) is 4.79 Å². The molecule has 22 heavy (non-hydrogen) atoms. The second-order valence-electron chi connectivity index (χ2n) is 5.99. The minimum atomic E-state index is -3.06. The minimum absolute atomic E-state index is 0.462. The molecule has 2 rings (SSSR count). The molecule has 6 heteroatoms. The Morgan fingerprint density at radius 2 is 2.00 bits per heavy atom. The molecule has 1 fully saturated rings. The summed E-state index contributed by atoms with van der Waals surface area (Å²) in [5.41, 5.74) is -0.686. The van der Waals surface area contributed by atoms with Crippen molar-refractivity contribution >= 4 is 15.8 Å². The van der Waals surface area contributed by atoms with E-state index in [-0.39, 0.29) is 0 Å². The molecule has 5 nitrogen and oxygen atoms in total. The molecule has 1 aromatic carbocycles. The van der Waals surface area contributed by atoms with Crippen LogP contribution in [0.15, 0.2) is 50.8 Å². The van der Waals surface area contributed by atoms with Crippen LogP contribution in [0.3, 0.4) is 0 Å². The smallest absolute Gasteiger partial charge is 0.442 e. The van der Waals surface area contributed by atoms with Crippen LogP contribution < -0.4 is 0 Å². The van der Waals surface area contributed by atoms with Crippen molar-refractivity contribution in [3.63, 3.8) is 0 Å². The number of carbonyl (C=O) groups excluding carboxylic acids is 1. The van der Waals surface area contributed by atoms with Gasteiger partial charge in [-0.25, -0.2) is 9.00 Å².